The topological polar surface area (TPSA) is 15.3 Å². The summed E-state index contributed by atoms with van der Waals surface area (Å²) in [5, 5.41) is 3.71. The summed E-state index contributed by atoms with van der Waals surface area (Å²) in [6.07, 6.45) is 7.14. The van der Waals surface area contributed by atoms with Crippen LogP contribution in [0.3, 0.4) is 0 Å². The molecule has 82 valence electrons. The average molecular weight is 196 g/mol. The second-order valence-electron chi connectivity index (χ2n) is 4.89. The second-order valence-corrected chi connectivity index (χ2v) is 4.89. The van der Waals surface area contributed by atoms with Gasteiger partial charge in [0.2, 0.25) is 0 Å². The summed E-state index contributed by atoms with van der Waals surface area (Å²) in [6.45, 7) is 7.37. The van der Waals surface area contributed by atoms with Crippen molar-refractivity contribution in [3.8, 4) is 0 Å². The summed E-state index contributed by atoms with van der Waals surface area (Å²) in [5.41, 5.74) is 0. The zero-order valence-corrected chi connectivity index (χ0v) is 9.47. The molecule has 0 spiro atoms. The number of nitrogens with one attached hydrogen (secondary N) is 1. The fourth-order valence-electron chi connectivity index (χ4n) is 2.35. The van der Waals surface area contributed by atoms with Gasteiger partial charge in [0, 0.05) is 6.04 Å². The maximum atomic E-state index is 3.71. The molecule has 2 aliphatic rings. The van der Waals surface area contributed by atoms with Crippen molar-refractivity contribution in [1.82, 2.24) is 10.2 Å². The molecule has 0 aromatic carbocycles. The van der Waals surface area contributed by atoms with E-state index in [9.17, 15) is 0 Å². The van der Waals surface area contributed by atoms with Gasteiger partial charge in [-0.2, -0.15) is 0 Å². The van der Waals surface area contributed by atoms with Crippen LogP contribution in [0, 0.1) is 5.92 Å². The fourth-order valence-corrected chi connectivity index (χ4v) is 2.35. The van der Waals surface area contributed by atoms with Gasteiger partial charge in [-0.05, 0) is 51.4 Å². The standard InChI is InChI=1S/C12H24N2/c1-2-14-9-6-12(7-10-14)13-8-5-11-3-4-11/h11-13H,2-10H2,1H3. The van der Waals surface area contributed by atoms with Crippen LogP contribution in [-0.4, -0.2) is 37.1 Å². The monoisotopic (exact) mass is 196 g/mol. The summed E-state index contributed by atoms with van der Waals surface area (Å²) < 4.78 is 0. The van der Waals surface area contributed by atoms with E-state index in [4.69, 9.17) is 0 Å². The third-order valence-corrected chi connectivity index (χ3v) is 3.72. The van der Waals surface area contributed by atoms with Crippen molar-refractivity contribution in [3.63, 3.8) is 0 Å². The molecule has 0 bridgehead atoms. The van der Waals surface area contributed by atoms with Crippen molar-refractivity contribution in [3.05, 3.63) is 0 Å². The van der Waals surface area contributed by atoms with Crippen molar-refractivity contribution in [2.75, 3.05) is 26.2 Å². The summed E-state index contributed by atoms with van der Waals surface area (Å²) in [5.74, 6) is 1.08. The smallest absolute Gasteiger partial charge is 0.00914 e. The summed E-state index contributed by atoms with van der Waals surface area (Å²) in [7, 11) is 0. The minimum Gasteiger partial charge on any atom is -0.314 e. The molecule has 1 saturated carbocycles. The van der Waals surface area contributed by atoms with Crippen molar-refractivity contribution < 1.29 is 0 Å². The average Bonchev–Trinajstić information content (AvgIpc) is 3.03. The SMILES string of the molecule is CCN1CCC(NCCC2CC2)CC1. The minimum absolute atomic E-state index is 0.816. The Hall–Kier alpha value is -0.0800. The van der Waals surface area contributed by atoms with Gasteiger partial charge in [0.1, 0.15) is 0 Å². The third kappa shape index (κ3) is 3.25. The molecule has 2 rings (SSSR count). The molecule has 1 aliphatic carbocycles. The first kappa shape index (κ1) is 10.4. The Kier molecular flexibility index (Phi) is 3.82. The predicted octanol–water partition coefficient (Wildman–Crippen LogP) is 1.86. The lowest BCUT2D eigenvalue weighted by atomic mass is 10.0. The van der Waals surface area contributed by atoms with E-state index in [0.717, 1.165) is 12.0 Å². The maximum absolute atomic E-state index is 3.71. The normalized spacial score (nSPS) is 25.5. The van der Waals surface area contributed by atoms with Crippen molar-refractivity contribution in [1.29, 1.82) is 0 Å². The fraction of sp³-hybridized carbons (Fsp3) is 1.00. The Morgan fingerprint density at radius 3 is 2.43 bits per heavy atom. The molecule has 1 aliphatic heterocycles. The van der Waals surface area contributed by atoms with Crippen LogP contribution in [-0.2, 0) is 0 Å². The van der Waals surface area contributed by atoms with Gasteiger partial charge < -0.3 is 10.2 Å². The summed E-state index contributed by atoms with van der Waals surface area (Å²) >= 11 is 0. The molecule has 0 aromatic rings. The molecular formula is C12H24N2. The van der Waals surface area contributed by atoms with Crippen molar-refractivity contribution >= 4 is 0 Å². The zero-order chi connectivity index (χ0) is 9.80. The van der Waals surface area contributed by atoms with E-state index in [2.05, 4.69) is 17.1 Å². The Labute approximate surface area is 88.1 Å². The molecule has 1 N–H and O–H groups in total. The van der Waals surface area contributed by atoms with E-state index in [0.29, 0.717) is 0 Å². The van der Waals surface area contributed by atoms with Crippen molar-refractivity contribution in [2.24, 2.45) is 5.92 Å². The molecule has 0 aromatic heterocycles. The van der Waals surface area contributed by atoms with Crippen LogP contribution in [0.5, 0.6) is 0 Å². The highest BCUT2D eigenvalue weighted by molar-refractivity contribution is 4.79. The van der Waals surface area contributed by atoms with E-state index >= 15 is 0 Å². The highest BCUT2D eigenvalue weighted by Gasteiger charge is 2.22. The first-order valence-electron chi connectivity index (χ1n) is 6.34. The Bertz CT molecular complexity index is 158. The first-order chi connectivity index (χ1) is 6.88. The Balaban J connectivity index is 1.53. The quantitative estimate of drug-likeness (QED) is 0.722. The number of rotatable bonds is 5. The lowest BCUT2D eigenvalue weighted by molar-refractivity contribution is 0.206. The first-order valence-corrected chi connectivity index (χ1v) is 6.34. The van der Waals surface area contributed by atoms with E-state index < -0.39 is 0 Å². The van der Waals surface area contributed by atoms with E-state index in [1.54, 1.807) is 0 Å². The molecule has 2 fully saturated rings. The molecule has 2 nitrogen and oxygen atoms in total. The van der Waals surface area contributed by atoms with Gasteiger partial charge in [0.15, 0.2) is 0 Å². The highest BCUT2D eigenvalue weighted by atomic mass is 15.1. The Morgan fingerprint density at radius 1 is 1.14 bits per heavy atom. The van der Waals surface area contributed by atoms with Crippen LogP contribution >= 0.6 is 0 Å². The third-order valence-electron chi connectivity index (χ3n) is 3.72. The molecule has 0 radical (unpaired) electrons. The number of hydrogen-bond acceptors (Lipinski definition) is 2. The molecule has 0 atom stereocenters. The number of hydrogen-bond donors (Lipinski definition) is 1. The van der Waals surface area contributed by atoms with Gasteiger partial charge in [-0.3, -0.25) is 0 Å². The molecule has 1 saturated heterocycles. The van der Waals surface area contributed by atoms with E-state index in [-0.39, 0.29) is 0 Å². The maximum Gasteiger partial charge on any atom is 0.00914 e. The molecule has 0 amide bonds. The lowest BCUT2D eigenvalue weighted by Gasteiger charge is -2.31. The highest BCUT2D eigenvalue weighted by Crippen LogP contribution is 2.31. The van der Waals surface area contributed by atoms with Gasteiger partial charge in [0.25, 0.3) is 0 Å². The van der Waals surface area contributed by atoms with Crippen LogP contribution < -0.4 is 5.32 Å². The molecular weight excluding hydrogens is 172 g/mol. The molecule has 2 heteroatoms. The molecule has 1 heterocycles. The molecule has 0 unspecified atom stereocenters. The lowest BCUT2D eigenvalue weighted by Crippen LogP contribution is -2.42. The van der Waals surface area contributed by atoms with Gasteiger partial charge in [-0.25, -0.2) is 0 Å². The van der Waals surface area contributed by atoms with Crippen LogP contribution in [0.25, 0.3) is 0 Å². The van der Waals surface area contributed by atoms with Crippen molar-refractivity contribution in [2.45, 2.75) is 45.1 Å². The van der Waals surface area contributed by atoms with E-state index in [1.165, 1.54) is 58.3 Å². The van der Waals surface area contributed by atoms with Gasteiger partial charge in [-0.1, -0.05) is 19.8 Å². The van der Waals surface area contributed by atoms with Crippen LogP contribution in [0.1, 0.15) is 39.0 Å². The minimum atomic E-state index is 0.816. The van der Waals surface area contributed by atoms with Gasteiger partial charge in [-0.15, -0.1) is 0 Å². The predicted molar refractivity (Wildman–Crippen MR) is 60.5 cm³/mol. The van der Waals surface area contributed by atoms with Crippen LogP contribution in [0.4, 0.5) is 0 Å². The zero-order valence-electron chi connectivity index (χ0n) is 9.47. The largest absolute Gasteiger partial charge is 0.314 e. The van der Waals surface area contributed by atoms with Gasteiger partial charge in [0.05, 0.1) is 0 Å². The summed E-state index contributed by atoms with van der Waals surface area (Å²) in [6, 6.07) is 0.816. The Morgan fingerprint density at radius 2 is 1.86 bits per heavy atom. The van der Waals surface area contributed by atoms with Crippen LogP contribution in [0.15, 0.2) is 0 Å². The number of likely N-dealkylation sites (tertiary alicyclic amines) is 1. The van der Waals surface area contributed by atoms with Gasteiger partial charge >= 0.3 is 0 Å². The van der Waals surface area contributed by atoms with E-state index in [1.807, 2.05) is 0 Å². The summed E-state index contributed by atoms with van der Waals surface area (Å²) in [4.78, 5) is 2.55. The molecule has 14 heavy (non-hydrogen) atoms. The second kappa shape index (κ2) is 5.13. The number of nitrogens with zero attached hydrogens (tertiary/aromatic N) is 1. The number of piperidine rings is 1. The van der Waals surface area contributed by atoms with Crippen LogP contribution in [0.2, 0.25) is 0 Å².